The predicted molar refractivity (Wildman–Crippen MR) is 122 cm³/mol. The molecule has 1 N–H and O–H groups in total. The Balaban J connectivity index is 0.00000176. The van der Waals surface area contributed by atoms with Gasteiger partial charge >= 0.3 is 155 Å². The van der Waals surface area contributed by atoms with Crippen LogP contribution in [0.5, 0.6) is 0 Å². The van der Waals surface area contributed by atoms with Gasteiger partial charge in [0.05, 0.1) is 0 Å². The van der Waals surface area contributed by atoms with Gasteiger partial charge in [-0.1, -0.05) is 0 Å². The van der Waals surface area contributed by atoms with E-state index in [0.29, 0.717) is 12.1 Å². The molecule has 0 saturated heterocycles. The molecule has 0 spiro atoms. The predicted octanol–water partition coefficient (Wildman–Crippen LogP) is 3.00. The fraction of sp³-hybridized carbons (Fsp3) is 0.524. The molecule has 27 heavy (non-hydrogen) atoms. The molecule has 0 fully saturated rings. The fourth-order valence-corrected chi connectivity index (χ4v) is 3.48. The monoisotopic (exact) mass is 385 g/mol. The summed E-state index contributed by atoms with van der Waals surface area (Å²) in [7, 11) is 5.12. The number of amides is 1. The Morgan fingerprint density at radius 3 is 2.70 bits per heavy atom. The van der Waals surface area contributed by atoms with Crippen LogP contribution in [0.25, 0.3) is 0 Å². The topological polar surface area (TPSA) is 35.6 Å². The van der Waals surface area contributed by atoms with Crippen LogP contribution in [0.1, 0.15) is 39.2 Å². The van der Waals surface area contributed by atoms with Crippen molar-refractivity contribution in [2.45, 2.75) is 52.6 Å². The third-order valence-corrected chi connectivity index (χ3v) is 5.58. The van der Waals surface area contributed by atoms with E-state index >= 15 is 0 Å². The van der Waals surface area contributed by atoms with E-state index in [2.05, 4.69) is 84.3 Å². The van der Waals surface area contributed by atoms with E-state index in [-0.39, 0.29) is 5.91 Å². The molecule has 1 aliphatic heterocycles. The molecule has 3 unspecified atom stereocenters. The van der Waals surface area contributed by atoms with E-state index in [1.165, 1.54) is 5.56 Å². The number of nitrogens with one attached hydrogen (secondary N) is 1. The number of hydrogen-bond donors (Lipinski definition) is 1. The van der Waals surface area contributed by atoms with Crippen LogP contribution in [0.2, 0.25) is 0 Å². The van der Waals surface area contributed by atoms with Gasteiger partial charge in [-0.3, -0.25) is 0 Å². The standard InChI is InChI=1S/C19H31BN3OP.C2H2/c1-14-6-5-7-18(12-14)21-19-9-11-22(17(4)24)10-8-15(2)23(20-19)16(3)13-25;1-2/h5-7,12,15-16,21H,8-11,13,25H2,1-4H3;1-2H. The maximum absolute atomic E-state index is 11.9. The number of aryl methyl sites for hydroxylation is 1. The van der Waals surface area contributed by atoms with Gasteiger partial charge in [0.1, 0.15) is 0 Å². The van der Waals surface area contributed by atoms with Gasteiger partial charge in [0, 0.05) is 0 Å². The maximum atomic E-state index is 11.9. The molecular weight excluding hydrogens is 352 g/mol. The van der Waals surface area contributed by atoms with Crippen LogP contribution in [-0.2, 0) is 4.79 Å². The van der Waals surface area contributed by atoms with Crippen LogP contribution in [-0.4, -0.2) is 59.6 Å². The Bertz CT molecular complexity index is 662. The molecule has 6 heteroatoms. The fourth-order valence-electron chi connectivity index (χ4n) is 3.23. The number of nitrogens with zero attached hydrogens (tertiary/aromatic N) is 2. The van der Waals surface area contributed by atoms with Crippen molar-refractivity contribution in [2.75, 3.05) is 24.6 Å². The van der Waals surface area contributed by atoms with E-state index < -0.39 is 0 Å². The number of hydrogen-bond acceptors (Lipinski definition) is 3. The molecule has 1 aliphatic rings. The molecule has 0 saturated carbocycles. The number of rotatable bonds is 4. The first kappa shape index (κ1) is 23.3. The molecule has 1 aromatic carbocycles. The van der Waals surface area contributed by atoms with Crippen LogP contribution < -0.4 is 5.32 Å². The molecular formula is C21H33BN3OP. The molecule has 0 bridgehead atoms. The Hall–Kier alpha value is -1.79. The summed E-state index contributed by atoms with van der Waals surface area (Å²) < 4.78 is 0. The average molecular weight is 385 g/mol. The number of terminal acetylenes is 1. The second-order valence-electron chi connectivity index (χ2n) is 7.07. The molecule has 0 radical (unpaired) electrons. The third-order valence-electron chi connectivity index (χ3n) is 4.90. The van der Waals surface area contributed by atoms with E-state index in [9.17, 15) is 4.79 Å². The Kier molecular flexibility index (Phi) is 10.2. The van der Waals surface area contributed by atoms with Gasteiger partial charge in [0.25, 0.3) is 0 Å². The quantitative estimate of drug-likeness (QED) is 0.492. The van der Waals surface area contributed by atoms with E-state index in [1.54, 1.807) is 6.92 Å². The van der Waals surface area contributed by atoms with Crippen molar-refractivity contribution in [3.8, 4) is 12.8 Å². The Labute approximate surface area is 168 Å². The number of benzene rings is 1. The number of carbonyl (C=O) groups excluding carboxylic acids is 1. The molecule has 2 rings (SSSR count). The van der Waals surface area contributed by atoms with E-state index in [0.717, 1.165) is 43.4 Å². The van der Waals surface area contributed by atoms with Crippen LogP contribution >= 0.6 is 9.24 Å². The zero-order valence-electron chi connectivity index (χ0n) is 17.1. The van der Waals surface area contributed by atoms with Gasteiger partial charge in [0.2, 0.25) is 0 Å². The molecule has 4 nitrogen and oxygen atoms in total. The van der Waals surface area contributed by atoms with Crippen molar-refractivity contribution in [1.82, 2.24) is 9.71 Å². The van der Waals surface area contributed by atoms with Crippen molar-refractivity contribution in [3.63, 3.8) is 0 Å². The van der Waals surface area contributed by atoms with Gasteiger partial charge < -0.3 is 0 Å². The molecule has 0 aliphatic carbocycles. The summed E-state index contributed by atoms with van der Waals surface area (Å²) in [6.07, 6.45) is 10.8. The van der Waals surface area contributed by atoms with Gasteiger partial charge in [-0.25, -0.2) is 0 Å². The minimum absolute atomic E-state index is 0.162. The first-order chi connectivity index (χ1) is 12.9. The number of anilines is 1. The van der Waals surface area contributed by atoms with Gasteiger partial charge in [-0.05, 0) is 0 Å². The van der Waals surface area contributed by atoms with Crippen LogP contribution in [0, 0.1) is 19.8 Å². The van der Waals surface area contributed by atoms with Crippen molar-refractivity contribution < 1.29 is 4.79 Å². The molecule has 146 valence electrons. The average Bonchev–Trinajstić information content (AvgIpc) is 2.73. The normalized spacial score (nSPS) is 18.5. The van der Waals surface area contributed by atoms with Crippen LogP contribution in [0.15, 0.2) is 24.3 Å². The third kappa shape index (κ3) is 7.39. The van der Waals surface area contributed by atoms with Gasteiger partial charge in [-0.15, -0.1) is 12.8 Å². The molecule has 0 aromatic heterocycles. The van der Waals surface area contributed by atoms with Crippen LogP contribution in [0.4, 0.5) is 5.69 Å². The summed E-state index contributed by atoms with van der Waals surface area (Å²) in [5, 5.41) is 3.58. The summed E-state index contributed by atoms with van der Waals surface area (Å²) in [6.45, 7) is 9.86. The van der Waals surface area contributed by atoms with Gasteiger partial charge in [-0.2, -0.15) is 0 Å². The second kappa shape index (κ2) is 11.8. The van der Waals surface area contributed by atoms with E-state index in [1.807, 2.05) is 4.90 Å². The summed E-state index contributed by atoms with van der Waals surface area (Å²) in [5.74, 6) is 0.162. The Morgan fingerprint density at radius 1 is 1.41 bits per heavy atom. The minimum atomic E-state index is 0.162. The molecule has 3 atom stereocenters. The van der Waals surface area contributed by atoms with Crippen molar-refractivity contribution in [2.24, 2.45) is 0 Å². The Morgan fingerprint density at radius 2 is 2.11 bits per heavy atom. The zero-order valence-corrected chi connectivity index (χ0v) is 18.3. The first-order valence-electron chi connectivity index (χ1n) is 9.51. The number of carbonyl (C=O) groups is 1. The molecule has 1 aromatic rings. The summed E-state index contributed by atoms with van der Waals surface area (Å²) in [4.78, 5) is 16.3. The summed E-state index contributed by atoms with van der Waals surface area (Å²) in [6, 6.07) is 9.26. The van der Waals surface area contributed by atoms with Gasteiger partial charge in [0.15, 0.2) is 0 Å². The molecule has 1 heterocycles. The summed E-state index contributed by atoms with van der Waals surface area (Å²) >= 11 is 0. The van der Waals surface area contributed by atoms with Crippen molar-refractivity contribution >= 4 is 33.5 Å². The molecule has 1 amide bonds. The van der Waals surface area contributed by atoms with Crippen molar-refractivity contribution in [3.05, 3.63) is 29.8 Å². The van der Waals surface area contributed by atoms with Crippen LogP contribution in [0.3, 0.4) is 0 Å². The summed E-state index contributed by atoms with van der Waals surface area (Å²) in [5.41, 5.74) is 3.50. The SMILES string of the molecule is C#C.CC(=O)N1CCC(Nc2cccc(C)c2)=BN(C(C)CP)C(C)CC1. The second-order valence-corrected chi connectivity index (χ2v) is 7.55. The van der Waals surface area contributed by atoms with Crippen molar-refractivity contribution in [1.29, 1.82) is 0 Å². The zero-order chi connectivity index (χ0) is 20.4. The first-order valence-corrected chi connectivity index (χ1v) is 10.3. The van der Waals surface area contributed by atoms with E-state index in [4.69, 9.17) is 0 Å².